The minimum absolute atomic E-state index is 0.554. The van der Waals surface area contributed by atoms with Crippen LogP contribution in [-0.2, 0) is 0 Å². The van der Waals surface area contributed by atoms with Crippen molar-refractivity contribution in [2.45, 2.75) is 0 Å². The van der Waals surface area contributed by atoms with Crippen LogP contribution in [0.1, 0.15) is 0 Å². The molecule has 9 aromatic carbocycles. The van der Waals surface area contributed by atoms with E-state index in [9.17, 15) is 0 Å². The predicted octanol–water partition coefficient (Wildman–Crippen LogP) is 13.8. The van der Waals surface area contributed by atoms with E-state index >= 15 is 0 Å². The van der Waals surface area contributed by atoms with Crippen molar-refractivity contribution < 1.29 is 4.42 Å². The van der Waals surface area contributed by atoms with Crippen LogP contribution in [0.4, 0.5) is 0 Å². The number of benzene rings is 9. The van der Waals surface area contributed by atoms with Crippen molar-refractivity contribution in [1.82, 2.24) is 19.5 Å². The molecule has 0 aliphatic heterocycles. The smallest absolute Gasteiger partial charge is 0.238 e. The van der Waals surface area contributed by atoms with Gasteiger partial charge in [0.25, 0.3) is 0 Å². The lowest BCUT2D eigenvalue weighted by Gasteiger charge is -2.14. The van der Waals surface area contributed by atoms with E-state index in [2.05, 4.69) is 162 Å². The summed E-state index contributed by atoms with van der Waals surface area (Å²) in [5, 5.41) is 9.16. The first-order chi connectivity index (χ1) is 28.8. The number of para-hydroxylation sites is 2. The molecule has 0 radical (unpaired) electrons. The van der Waals surface area contributed by atoms with Crippen LogP contribution >= 0.6 is 0 Å². The molecule has 270 valence electrons. The monoisotopic (exact) mass is 740 g/mol. The molecule has 58 heavy (non-hydrogen) atoms. The zero-order valence-corrected chi connectivity index (χ0v) is 31.2. The molecule has 0 saturated heterocycles. The van der Waals surface area contributed by atoms with Crippen molar-refractivity contribution in [2.24, 2.45) is 0 Å². The second kappa shape index (κ2) is 12.8. The fourth-order valence-corrected chi connectivity index (χ4v) is 8.80. The summed E-state index contributed by atoms with van der Waals surface area (Å²) in [4.78, 5) is 15.9. The van der Waals surface area contributed by atoms with Gasteiger partial charge in [0, 0.05) is 43.6 Å². The standard InChI is InChI=1S/C53H32N4O/c1-3-14-33(15-4-1)34-26-28-36(29-27-34)52-54-51(35-16-5-2-6-17-35)55-53(56-52)57-49-38(37-30-31-47-45(32-37)41-20-11-12-25-46(41)58-47)23-13-24-44(49)48-42-21-9-7-18-39(42)40-19-8-10-22-43(40)50(48)57/h1-32H. The first kappa shape index (κ1) is 32.4. The molecule has 5 nitrogen and oxygen atoms in total. The predicted molar refractivity (Wildman–Crippen MR) is 238 cm³/mol. The van der Waals surface area contributed by atoms with E-state index in [1.54, 1.807) is 0 Å². The molecule has 0 amide bonds. The van der Waals surface area contributed by atoms with Crippen molar-refractivity contribution in [3.8, 4) is 51.0 Å². The van der Waals surface area contributed by atoms with Gasteiger partial charge in [-0.1, -0.05) is 176 Å². The zero-order chi connectivity index (χ0) is 38.2. The van der Waals surface area contributed by atoms with Gasteiger partial charge in [-0.15, -0.1) is 0 Å². The summed E-state index contributed by atoms with van der Waals surface area (Å²) < 4.78 is 8.57. The summed E-state index contributed by atoms with van der Waals surface area (Å²) in [6.45, 7) is 0. The van der Waals surface area contributed by atoms with E-state index in [0.717, 1.165) is 82.5 Å². The zero-order valence-electron chi connectivity index (χ0n) is 31.2. The average Bonchev–Trinajstić information content (AvgIpc) is 3.86. The van der Waals surface area contributed by atoms with Crippen LogP contribution in [0.3, 0.4) is 0 Å². The van der Waals surface area contributed by atoms with Gasteiger partial charge in [0.1, 0.15) is 11.2 Å². The number of hydrogen-bond donors (Lipinski definition) is 0. The SMILES string of the molecule is c1ccc(-c2ccc(-c3nc(-c4ccccc4)nc(-n4c5c(-c6ccc7oc8ccccc8c7c6)cccc5c5c6ccccc6c6ccccc6c54)n3)cc2)cc1. The highest BCUT2D eigenvalue weighted by Crippen LogP contribution is 2.45. The Labute approximate surface area is 333 Å². The van der Waals surface area contributed by atoms with Gasteiger partial charge in [-0.3, -0.25) is 4.57 Å². The number of furan rings is 1. The van der Waals surface area contributed by atoms with Crippen LogP contribution in [0.5, 0.6) is 0 Å². The largest absolute Gasteiger partial charge is 0.456 e. The van der Waals surface area contributed by atoms with Gasteiger partial charge in [-0.25, -0.2) is 4.98 Å². The molecule has 0 saturated carbocycles. The summed E-state index contributed by atoms with van der Waals surface area (Å²) in [5.41, 5.74) is 10.1. The maximum atomic E-state index is 6.28. The highest BCUT2D eigenvalue weighted by Gasteiger charge is 2.24. The van der Waals surface area contributed by atoms with Crippen molar-refractivity contribution in [1.29, 1.82) is 0 Å². The normalized spacial score (nSPS) is 11.8. The molecule has 0 atom stereocenters. The lowest BCUT2D eigenvalue weighted by molar-refractivity contribution is 0.669. The molecule has 0 fully saturated rings. The van der Waals surface area contributed by atoms with Crippen molar-refractivity contribution in [3.05, 3.63) is 194 Å². The second-order valence-electron chi connectivity index (χ2n) is 14.8. The highest BCUT2D eigenvalue weighted by atomic mass is 16.3. The van der Waals surface area contributed by atoms with Crippen LogP contribution < -0.4 is 0 Å². The van der Waals surface area contributed by atoms with Gasteiger partial charge >= 0.3 is 0 Å². The van der Waals surface area contributed by atoms with Gasteiger partial charge in [-0.05, 0) is 51.0 Å². The topological polar surface area (TPSA) is 56.7 Å². The van der Waals surface area contributed by atoms with E-state index in [4.69, 9.17) is 19.4 Å². The van der Waals surface area contributed by atoms with Crippen LogP contribution in [-0.4, -0.2) is 19.5 Å². The van der Waals surface area contributed by atoms with Crippen molar-refractivity contribution >= 4 is 65.3 Å². The first-order valence-corrected chi connectivity index (χ1v) is 19.5. The van der Waals surface area contributed by atoms with E-state index in [1.165, 1.54) is 16.2 Å². The molecule has 0 bridgehead atoms. The minimum Gasteiger partial charge on any atom is -0.456 e. The third-order valence-corrected chi connectivity index (χ3v) is 11.5. The van der Waals surface area contributed by atoms with Gasteiger partial charge in [0.05, 0.1) is 11.0 Å². The molecule has 0 unspecified atom stereocenters. The van der Waals surface area contributed by atoms with E-state index in [0.29, 0.717) is 17.6 Å². The molecule has 3 aromatic heterocycles. The van der Waals surface area contributed by atoms with Gasteiger partial charge in [-0.2, -0.15) is 9.97 Å². The maximum absolute atomic E-state index is 6.28. The maximum Gasteiger partial charge on any atom is 0.238 e. The minimum atomic E-state index is 0.554. The highest BCUT2D eigenvalue weighted by molar-refractivity contribution is 6.33. The molecule has 0 aliphatic rings. The molecule has 0 N–H and O–H groups in total. The van der Waals surface area contributed by atoms with E-state index in [-0.39, 0.29) is 0 Å². The Balaban J connectivity index is 1.21. The molecule has 5 heteroatoms. The number of hydrogen-bond acceptors (Lipinski definition) is 4. The quantitative estimate of drug-likeness (QED) is 0.165. The molecular formula is C53H32N4O. The summed E-state index contributed by atoms with van der Waals surface area (Å²) in [5.74, 6) is 1.77. The van der Waals surface area contributed by atoms with Crippen LogP contribution in [0, 0.1) is 0 Å². The van der Waals surface area contributed by atoms with Crippen molar-refractivity contribution in [2.75, 3.05) is 0 Å². The fourth-order valence-electron chi connectivity index (χ4n) is 8.80. The van der Waals surface area contributed by atoms with Crippen LogP contribution in [0.25, 0.3) is 116 Å². The summed E-state index contributed by atoms with van der Waals surface area (Å²) in [6.07, 6.45) is 0. The Bertz CT molecular complexity index is 3550. The Morgan fingerprint density at radius 2 is 0.845 bits per heavy atom. The Kier molecular flexibility index (Phi) is 7.16. The Morgan fingerprint density at radius 1 is 0.328 bits per heavy atom. The van der Waals surface area contributed by atoms with Gasteiger partial charge in [0.15, 0.2) is 11.6 Å². The number of fused-ring (bicyclic) bond motifs is 11. The molecule has 3 heterocycles. The fraction of sp³-hybridized carbons (Fsp3) is 0. The Hall–Kier alpha value is -7.89. The summed E-state index contributed by atoms with van der Waals surface area (Å²) in [6, 6.07) is 68.0. The third-order valence-electron chi connectivity index (χ3n) is 11.5. The summed E-state index contributed by atoms with van der Waals surface area (Å²) in [7, 11) is 0. The van der Waals surface area contributed by atoms with E-state index < -0.39 is 0 Å². The molecule has 12 aromatic rings. The van der Waals surface area contributed by atoms with E-state index in [1.807, 2.05) is 36.4 Å². The lowest BCUT2D eigenvalue weighted by Crippen LogP contribution is -2.07. The van der Waals surface area contributed by atoms with Crippen LogP contribution in [0.2, 0.25) is 0 Å². The van der Waals surface area contributed by atoms with Crippen molar-refractivity contribution in [3.63, 3.8) is 0 Å². The molecular weight excluding hydrogens is 709 g/mol. The number of nitrogens with zero attached hydrogens (tertiary/aromatic N) is 4. The van der Waals surface area contributed by atoms with Crippen LogP contribution in [0.15, 0.2) is 199 Å². The lowest BCUT2D eigenvalue weighted by atomic mass is 9.95. The first-order valence-electron chi connectivity index (χ1n) is 19.5. The molecule has 0 spiro atoms. The third kappa shape index (κ3) is 5.00. The molecule has 12 rings (SSSR count). The summed E-state index contributed by atoms with van der Waals surface area (Å²) >= 11 is 0. The number of rotatable bonds is 5. The number of aromatic nitrogens is 4. The average molecular weight is 741 g/mol. The van der Waals surface area contributed by atoms with Gasteiger partial charge < -0.3 is 4.42 Å². The second-order valence-corrected chi connectivity index (χ2v) is 14.8. The Morgan fingerprint density at radius 3 is 1.59 bits per heavy atom. The molecule has 0 aliphatic carbocycles. The van der Waals surface area contributed by atoms with Gasteiger partial charge in [0.2, 0.25) is 5.95 Å².